The summed E-state index contributed by atoms with van der Waals surface area (Å²) in [5.74, 6) is 0.977. The fourth-order valence-electron chi connectivity index (χ4n) is 2.93. The van der Waals surface area contributed by atoms with Crippen molar-refractivity contribution in [1.29, 1.82) is 0 Å². The Morgan fingerprint density at radius 1 is 1.31 bits per heavy atom. The van der Waals surface area contributed by atoms with E-state index in [1.807, 2.05) is 30.9 Å². The molecule has 1 amide bonds. The monoisotopic (exact) mass is 474 g/mol. The number of hydrogen-bond donors (Lipinski definition) is 2. The van der Waals surface area contributed by atoms with Gasteiger partial charge < -0.3 is 20.3 Å². The van der Waals surface area contributed by atoms with Gasteiger partial charge in [-0.25, -0.2) is 0 Å². The fraction of sp³-hybridized carbons (Fsp3) is 0.579. The molecule has 1 aromatic rings. The number of carbonyl (C=O) groups is 1. The zero-order valence-corrected chi connectivity index (χ0v) is 18.3. The van der Waals surface area contributed by atoms with Gasteiger partial charge >= 0.3 is 0 Å². The van der Waals surface area contributed by atoms with Crippen molar-refractivity contribution in [3.8, 4) is 0 Å². The second kappa shape index (κ2) is 12.1. The molecule has 0 saturated heterocycles. The average Bonchev–Trinajstić information content (AvgIpc) is 3.03. The zero-order valence-electron chi connectivity index (χ0n) is 16.0. The van der Waals surface area contributed by atoms with Crippen molar-refractivity contribution in [2.24, 2.45) is 4.99 Å². The van der Waals surface area contributed by atoms with Crippen LogP contribution in [0.3, 0.4) is 0 Å². The Bertz CT molecular complexity index is 570. The highest BCUT2D eigenvalue weighted by molar-refractivity contribution is 14.0. The molecule has 1 unspecified atom stereocenters. The Morgan fingerprint density at radius 3 is 2.54 bits per heavy atom. The summed E-state index contributed by atoms with van der Waals surface area (Å²) in [7, 11) is 1.69. The Hall–Kier alpha value is -1.35. The van der Waals surface area contributed by atoms with Crippen LogP contribution < -0.4 is 10.6 Å². The summed E-state index contributed by atoms with van der Waals surface area (Å²) in [6, 6.07) is 8.45. The number of nitrogens with zero attached hydrogens (tertiary/aromatic N) is 2. The lowest BCUT2D eigenvalue weighted by atomic mass is 10.1. The van der Waals surface area contributed by atoms with Gasteiger partial charge in [0.15, 0.2) is 5.96 Å². The largest absolute Gasteiger partial charge is 0.383 e. The summed E-state index contributed by atoms with van der Waals surface area (Å²) < 4.78 is 5.13. The molecule has 0 aliphatic carbocycles. The predicted octanol–water partition coefficient (Wildman–Crippen LogP) is 2.52. The molecular formula is C19H31IN4O2. The normalized spacial score (nSPS) is 14.4. The van der Waals surface area contributed by atoms with Crippen LogP contribution in [-0.4, -0.2) is 49.6 Å². The number of nitrogens with one attached hydrogen (secondary N) is 2. The van der Waals surface area contributed by atoms with Crippen LogP contribution in [0.5, 0.6) is 0 Å². The lowest BCUT2D eigenvalue weighted by molar-refractivity contribution is -0.131. The van der Waals surface area contributed by atoms with Crippen LogP contribution >= 0.6 is 24.0 Å². The highest BCUT2D eigenvalue weighted by atomic mass is 127. The summed E-state index contributed by atoms with van der Waals surface area (Å²) in [6.45, 7) is 7.60. The van der Waals surface area contributed by atoms with Crippen LogP contribution in [0, 0.1) is 0 Å². The van der Waals surface area contributed by atoms with Gasteiger partial charge in [0.2, 0.25) is 5.91 Å². The van der Waals surface area contributed by atoms with Gasteiger partial charge in [0.05, 0.1) is 6.61 Å². The maximum atomic E-state index is 12.4. The summed E-state index contributed by atoms with van der Waals surface area (Å²) in [4.78, 5) is 18.8. The van der Waals surface area contributed by atoms with E-state index in [-0.39, 0.29) is 35.9 Å². The number of fused-ring (bicyclic) bond motifs is 1. The van der Waals surface area contributed by atoms with E-state index < -0.39 is 0 Å². The van der Waals surface area contributed by atoms with E-state index in [9.17, 15) is 4.79 Å². The molecule has 1 aromatic carbocycles. The minimum absolute atomic E-state index is 0. The van der Waals surface area contributed by atoms with Crippen LogP contribution in [-0.2, 0) is 22.6 Å². The van der Waals surface area contributed by atoms with Crippen molar-refractivity contribution in [2.45, 2.75) is 45.8 Å². The molecule has 2 N–H and O–H groups in total. The third-order valence-electron chi connectivity index (χ3n) is 4.16. The summed E-state index contributed by atoms with van der Waals surface area (Å²) >= 11 is 0. The smallest absolute Gasteiger partial charge is 0.223 e. The van der Waals surface area contributed by atoms with Gasteiger partial charge in [-0.15, -0.1) is 24.0 Å². The van der Waals surface area contributed by atoms with Crippen molar-refractivity contribution in [1.82, 2.24) is 15.5 Å². The minimum atomic E-state index is 0. The molecular weight excluding hydrogens is 443 g/mol. The van der Waals surface area contributed by atoms with Gasteiger partial charge in [0.1, 0.15) is 0 Å². The van der Waals surface area contributed by atoms with E-state index >= 15 is 0 Å². The number of halogens is 1. The molecule has 0 saturated carbocycles. The first-order valence-electron chi connectivity index (χ1n) is 9.02. The molecule has 26 heavy (non-hydrogen) atoms. The lowest BCUT2D eigenvalue weighted by Gasteiger charge is -2.17. The van der Waals surface area contributed by atoms with Gasteiger partial charge in [0, 0.05) is 45.8 Å². The van der Waals surface area contributed by atoms with Gasteiger partial charge in [0.25, 0.3) is 0 Å². The number of rotatable bonds is 8. The molecule has 0 fully saturated rings. The molecule has 2 rings (SSSR count). The van der Waals surface area contributed by atoms with Crippen LogP contribution in [0.2, 0.25) is 0 Å². The maximum absolute atomic E-state index is 12.4. The highest BCUT2D eigenvalue weighted by Gasteiger charge is 2.22. The molecule has 0 bridgehead atoms. The summed E-state index contributed by atoms with van der Waals surface area (Å²) in [5, 5.41) is 6.51. The Kier molecular flexibility index (Phi) is 10.6. The van der Waals surface area contributed by atoms with Crippen LogP contribution in [0.25, 0.3) is 0 Å². The number of ether oxygens (including phenoxy) is 1. The molecule has 0 aromatic heterocycles. The van der Waals surface area contributed by atoms with Gasteiger partial charge in [-0.1, -0.05) is 24.3 Å². The van der Waals surface area contributed by atoms with Crippen molar-refractivity contribution < 1.29 is 9.53 Å². The van der Waals surface area contributed by atoms with E-state index in [2.05, 4.69) is 27.8 Å². The number of methoxy groups -OCH3 is 1. The number of guanidine groups is 1. The first-order chi connectivity index (χ1) is 12.1. The van der Waals surface area contributed by atoms with Gasteiger partial charge in [-0.3, -0.25) is 9.79 Å². The Morgan fingerprint density at radius 2 is 1.96 bits per heavy atom. The third-order valence-corrected chi connectivity index (χ3v) is 4.16. The average molecular weight is 474 g/mol. The molecule has 6 nitrogen and oxygen atoms in total. The molecule has 0 spiro atoms. The van der Waals surface area contributed by atoms with Crippen molar-refractivity contribution in [3.05, 3.63) is 35.4 Å². The van der Waals surface area contributed by atoms with Gasteiger partial charge in [-0.2, -0.15) is 0 Å². The molecule has 1 aliphatic heterocycles. The summed E-state index contributed by atoms with van der Waals surface area (Å²) in [5.41, 5.74) is 2.53. The maximum Gasteiger partial charge on any atom is 0.223 e. The second-order valence-corrected chi connectivity index (χ2v) is 6.38. The van der Waals surface area contributed by atoms with Crippen LogP contribution in [0.4, 0.5) is 0 Å². The van der Waals surface area contributed by atoms with E-state index in [1.165, 1.54) is 11.1 Å². The minimum Gasteiger partial charge on any atom is -0.383 e. The molecule has 1 atom stereocenters. The third kappa shape index (κ3) is 7.11. The quantitative estimate of drug-likeness (QED) is 0.263. The first kappa shape index (κ1) is 22.7. The van der Waals surface area contributed by atoms with E-state index in [4.69, 9.17) is 4.74 Å². The summed E-state index contributed by atoms with van der Waals surface area (Å²) in [6.07, 6.45) is 1.28. The predicted molar refractivity (Wildman–Crippen MR) is 116 cm³/mol. The lowest BCUT2D eigenvalue weighted by Crippen LogP contribution is -2.44. The number of hydrogen-bond acceptors (Lipinski definition) is 3. The number of amides is 1. The highest BCUT2D eigenvalue weighted by Crippen LogP contribution is 2.22. The molecule has 0 radical (unpaired) electrons. The number of benzene rings is 1. The molecule has 1 aliphatic rings. The van der Waals surface area contributed by atoms with E-state index in [0.717, 1.165) is 32.0 Å². The van der Waals surface area contributed by atoms with E-state index in [0.29, 0.717) is 19.6 Å². The van der Waals surface area contributed by atoms with Crippen molar-refractivity contribution >= 4 is 35.8 Å². The number of aliphatic imine (C=N–C) groups is 1. The standard InChI is InChI=1S/C19H30N4O2.HI/c1-4-20-19(22-15(2)14-25-3)21-11-7-10-18(24)23-12-16-8-5-6-9-17(16)13-23;/h5-6,8-9,15H,4,7,10-14H2,1-3H3,(H2,20,21,22);1H. The SMILES string of the molecule is CCNC(=NCCCC(=O)N1Cc2ccccc2C1)NC(C)COC.I. The Balaban J connectivity index is 0.00000338. The topological polar surface area (TPSA) is 66.0 Å². The molecule has 146 valence electrons. The Labute approximate surface area is 173 Å². The number of carbonyl (C=O) groups excluding carboxylic acids is 1. The molecule has 7 heteroatoms. The first-order valence-corrected chi connectivity index (χ1v) is 9.02. The van der Waals surface area contributed by atoms with Crippen molar-refractivity contribution in [2.75, 3.05) is 26.8 Å². The van der Waals surface area contributed by atoms with Crippen LogP contribution in [0.1, 0.15) is 37.8 Å². The van der Waals surface area contributed by atoms with Gasteiger partial charge in [-0.05, 0) is 31.4 Å². The van der Waals surface area contributed by atoms with Crippen LogP contribution in [0.15, 0.2) is 29.3 Å². The molecule has 1 heterocycles. The fourth-order valence-corrected chi connectivity index (χ4v) is 2.93. The van der Waals surface area contributed by atoms with Crippen molar-refractivity contribution in [3.63, 3.8) is 0 Å². The second-order valence-electron chi connectivity index (χ2n) is 6.38. The zero-order chi connectivity index (χ0) is 18.1. The van der Waals surface area contributed by atoms with E-state index in [1.54, 1.807) is 7.11 Å².